The van der Waals surface area contributed by atoms with Crippen LogP contribution in [0.3, 0.4) is 0 Å². The predicted molar refractivity (Wildman–Crippen MR) is 81.9 cm³/mol. The van der Waals surface area contributed by atoms with E-state index in [0.717, 1.165) is 13.0 Å². The van der Waals surface area contributed by atoms with Gasteiger partial charge in [-0.2, -0.15) is 0 Å². The van der Waals surface area contributed by atoms with Gasteiger partial charge in [0.2, 0.25) is 5.67 Å². The fraction of sp³-hybridized carbons (Fsp3) is 0.533. The number of nitrogens with one attached hydrogen (secondary N) is 1. The van der Waals surface area contributed by atoms with Crippen LogP contribution in [0.5, 0.6) is 0 Å². The molecule has 0 amide bonds. The van der Waals surface area contributed by atoms with E-state index in [1.807, 2.05) is 0 Å². The van der Waals surface area contributed by atoms with Crippen molar-refractivity contribution < 1.29 is 23.2 Å². The van der Waals surface area contributed by atoms with Gasteiger partial charge in [-0.15, -0.1) is 4.72 Å². The van der Waals surface area contributed by atoms with Crippen LogP contribution < -0.4 is 4.72 Å². The van der Waals surface area contributed by atoms with Crippen molar-refractivity contribution in [2.45, 2.75) is 50.6 Å². The molecule has 4 nitrogen and oxygen atoms in total. The van der Waals surface area contributed by atoms with Crippen molar-refractivity contribution in [3.05, 3.63) is 35.6 Å². The van der Waals surface area contributed by atoms with Crippen molar-refractivity contribution >= 4 is 17.3 Å². The normalized spacial score (nSPS) is 19.1. The standard InChI is InChI=1S/C15H21F2NO3S/c1-13(2,3)22(21)18-15(5,14(4,17)12(19)20)10-8-6-7-9-11(10)16/h6-9,18H,1-5H3,(H,19,20). The van der Waals surface area contributed by atoms with Crippen LogP contribution in [0.25, 0.3) is 0 Å². The van der Waals surface area contributed by atoms with Crippen LogP contribution in [0.4, 0.5) is 8.78 Å². The molecule has 0 heterocycles. The van der Waals surface area contributed by atoms with Gasteiger partial charge in [-0.3, -0.25) is 0 Å². The minimum absolute atomic E-state index is 0.194. The number of halogens is 2. The Morgan fingerprint density at radius 2 is 1.73 bits per heavy atom. The molecular weight excluding hydrogens is 312 g/mol. The Balaban J connectivity index is 3.47. The van der Waals surface area contributed by atoms with Gasteiger partial charge in [-0.25, -0.2) is 13.6 Å². The average Bonchev–Trinajstić information content (AvgIpc) is 2.37. The lowest BCUT2D eigenvalue weighted by Crippen LogP contribution is -2.62. The van der Waals surface area contributed by atoms with Gasteiger partial charge in [0.15, 0.2) is 0 Å². The topological polar surface area (TPSA) is 72.4 Å². The second kappa shape index (κ2) is 6.14. The number of hydrogen-bond acceptors (Lipinski definition) is 3. The van der Waals surface area contributed by atoms with Crippen molar-refractivity contribution in [3.63, 3.8) is 0 Å². The van der Waals surface area contributed by atoms with Gasteiger partial charge in [0.25, 0.3) is 0 Å². The molecule has 2 N–H and O–H groups in total. The Kier molecular flexibility index (Phi) is 5.26. The Hall–Kier alpha value is -1.18. The number of alkyl halides is 1. The molecule has 0 radical (unpaired) electrons. The van der Waals surface area contributed by atoms with Gasteiger partial charge >= 0.3 is 5.97 Å². The maximum atomic E-state index is 14.9. The molecule has 22 heavy (non-hydrogen) atoms. The molecule has 1 aromatic rings. The first kappa shape index (κ1) is 18.9. The molecular formula is C15H21F2NO3S. The monoisotopic (exact) mass is 333 g/mol. The Bertz CT molecular complexity index is 560. The largest absolute Gasteiger partial charge is 0.598 e. The van der Waals surface area contributed by atoms with E-state index in [1.165, 1.54) is 25.1 Å². The SMILES string of the molecule is CC(C)(C)[S+]([O-])NC(C)(c1ccccc1F)C(C)(F)C(=O)O. The van der Waals surface area contributed by atoms with Crippen molar-refractivity contribution in [3.8, 4) is 0 Å². The minimum atomic E-state index is -2.88. The molecule has 0 aromatic heterocycles. The van der Waals surface area contributed by atoms with Crippen LogP contribution in [0, 0.1) is 5.82 Å². The third-order valence-corrected chi connectivity index (χ3v) is 5.31. The lowest BCUT2D eigenvalue weighted by atomic mass is 9.79. The van der Waals surface area contributed by atoms with Gasteiger partial charge in [0.1, 0.15) is 16.1 Å². The van der Waals surface area contributed by atoms with Crippen LogP contribution in [0.1, 0.15) is 40.2 Å². The van der Waals surface area contributed by atoms with Gasteiger partial charge < -0.3 is 9.66 Å². The molecule has 3 atom stereocenters. The molecule has 0 fully saturated rings. The molecule has 0 aliphatic carbocycles. The fourth-order valence-electron chi connectivity index (χ4n) is 1.82. The van der Waals surface area contributed by atoms with E-state index >= 15 is 0 Å². The highest BCUT2D eigenvalue weighted by atomic mass is 32.2. The van der Waals surface area contributed by atoms with Gasteiger partial charge in [0, 0.05) is 16.9 Å². The molecule has 0 saturated heterocycles. The molecule has 0 spiro atoms. The second-order valence-electron chi connectivity index (χ2n) is 6.40. The number of benzene rings is 1. The molecule has 0 bridgehead atoms. The van der Waals surface area contributed by atoms with E-state index in [9.17, 15) is 23.2 Å². The Labute approximate surface area is 132 Å². The van der Waals surface area contributed by atoms with Crippen LogP contribution in [0.15, 0.2) is 24.3 Å². The van der Waals surface area contributed by atoms with E-state index in [2.05, 4.69) is 4.72 Å². The summed E-state index contributed by atoms with van der Waals surface area (Å²) in [5.41, 5.74) is -5.08. The zero-order valence-corrected chi connectivity index (χ0v) is 14.1. The summed E-state index contributed by atoms with van der Waals surface area (Å²) in [6.45, 7) is 6.97. The van der Waals surface area contributed by atoms with Gasteiger partial charge in [-0.1, -0.05) is 18.2 Å². The third-order valence-electron chi connectivity index (χ3n) is 3.61. The number of carboxylic acids is 1. The van der Waals surface area contributed by atoms with Crippen LogP contribution in [-0.2, 0) is 21.7 Å². The summed E-state index contributed by atoms with van der Waals surface area (Å²) in [5.74, 6) is -2.54. The number of carbonyl (C=O) groups is 1. The van der Waals surface area contributed by atoms with E-state index < -0.39 is 39.1 Å². The summed E-state index contributed by atoms with van der Waals surface area (Å²) < 4.78 is 43.1. The van der Waals surface area contributed by atoms with Gasteiger partial charge in [-0.05, 0) is 40.7 Å². The average molecular weight is 333 g/mol. The fourth-order valence-corrected chi connectivity index (χ4v) is 2.80. The molecule has 1 aromatic carbocycles. The molecule has 1 rings (SSSR count). The summed E-state index contributed by atoms with van der Waals surface area (Å²) in [6, 6.07) is 5.27. The first-order valence-corrected chi connectivity index (χ1v) is 7.86. The van der Waals surface area contributed by atoms with Crippen molar-refractivity contribution in [2.24, 2.45) is 0 Å². The molecule has 3 unspecified atom stereocenters. The van der Waals surface area contributed by atoms with Gasteiger partial charge in [0.05, 0.1) is 0 Å². The minimum Gasteiger partial charge on any atom is -0.598 e. The van der Waals surface area contributed by atoms with E-state index in [0.29, 0.717) is 0 Å². The predicted octanol–water partition coefficient (Wildman–Crippen LogP) is 2.91. The molecule has 0 aliphatic rings. The highest BCUT2D eigenvalue weighted by Gasteiger charge is 2.57. The van der Waals surface area contributed by atoms with Crippen molar-refractivity contribution in [1.82, 2.24) is 4.72 Å². The number of hydrogen-bond donors (Lipinski definition) is 2. The summed E-state index contributed by atoms with van der Waals surface area (Å²) in [7, 11) is 0. The number of rotatable bonds is 5. The van der Waals surface area contributed by atoms with Crippen LogP contribution in [-0.4, -0.2) is 26.0 Å². The second-order valence-corrected chi connectivity index (χ2v) is 8.36. The smallest absolute Gasteiger partial charge is 0.343 e. The summed E-state index contributed by atoms with van der Waals surface area (Å²) in [5, 5.41) is 9.21. The zero-order chi connectivity index (χ0) is 17.3. The van der Waals surface area contributed by atoms with Crippen LogP contribution >= 0.6 is 0 Å². The van der Waals surface area contributed by atoms with Crippen molar-refractivity contribution in [1.29, 1.82) is 0 Å². The maximum absolute atomic E-state index is 14.9. The first-order valence-electron chi connectivity index (χ1n) is 6.71. The molecule has 124 valence electrons. The highest BCUT2D eigenvalue weighted by molar-refractivity contribution is 7.90. The van der Waals surface area contributed by atoms with Crippen LogP contribution in [0.2, 0.25) is 0 Å². The lowest BCUT2D eigenvalue weighted by molar-refractivity contribution is -0.155. The number of carboxylic acid groups (broad SMARTS) is 1. The summed E-state index contributed by atoms with van der Waals surface area (Å²) in [4.78, 5) is 11.3. The molecule has 0 aliphatic heterocycles. The van der Waals surface area contributed by atoms with E-state index in [4.69, 9.17) is 0 Å². The van der Waals surface area contributed by atoms with Crippen molar-refractivity contribution in [2.75, 3.05) is 0 Å². The quantitative estimate of drug-likeness (QED) is 0.813. The lowest BCUT2D eigenvalue weighted by Gasteiger charge is -2.40. The zero-order valence-electron chi connectivity index (χ0n) is 13.2. The Morgan fingerprint density at radius 1 is 1.23 bits per heavy atom. The highest BCUT2D eigenvalue weighted by Crippen LogP contribution is 2.39. The number of aliphatic carboxylic acids is 1. The molecule has 7 heteroatoms. The Morgan fingerprint density at radius 3 is 2.14 bits per heavy atom. The van der Waals surface area contributed by atoms with E-state index in [1.54, 1.807) is 20.8 Å². The first-order chi connectivity index (χ1) is 9.84. The third kappa shape index (κ3) is 3.42. The van der Waals surface area contributed by atoms with E-state index in [-0.39, 0.29) is 5.56 Å². The molecule has 0 saturated carbocycles. The summed E-state index contributed by atoms with van der Waals surface area (Å²) in [6.07, 6.45) is 0. The maximum Gasteiger partial charge on any atom is 0.343 e. The summed E-state index contributed by atoms with van der Waals surface area (Å²) >= 11 is -1.80.